The van der Waals surface area contributed by atoms with Crippen LogP contribution in [0.4, 0.5) is 0 Å². The van der Waals surface area contributed by atoms with Crippen LogP contribution in [0.2, 0.25) is 0 Å². The Morgan fingerprint density at radius 2 is 2.11 bits per heavy atom. The Labute approximate surface area is 113 Å². The van der Waals surface area contributed by atoms with E-state index >= 15 is 0 Å². The number of aliphatic hydroxyl groups is 1. The zero-order valence-corrected chi connectivity index (χ0v) is 12.0. The third kappa shape index (κ3) is 3.16. The molecule has 2 rings (SSSR count). The number of aryl methyl sites for hydroxylation is 1. The van der Waals surface area contributed by atoms with Crippen molar-refractivity contribution in [1.82, 2.24) is 14.3 Å². The van der Waals surface area contributed by atoms with Gasteiger partial charge >= 0.3 is 0 Å². The van der Waals surface area contributed by atoms with E-state index in [1.54, 1.807) is 4.57 Å². The summed E-state index contributed by atoms with van der Waals surface area (Å²) in [5.41, 5.74) is -0.715. The molecule has 1 heterocycles. The molecular formula is C12H21N3O3S. The molecule has 0 bridgehead atoms. The molecule has 1 aromatic heterocycles. The first-order valence-electron chi connectivity index (χ1n) is 6.68. The van der Waals surface area contributed by atoms with Crippen molar-refractivity contribution in [3.63, 3.8) is 0 Å². The molecule has 0 aromatic carbocycles. The van der Waals surface area contributed by atoms with Crippen molar-refractivity contribution >= 4 is 10.0 Å². The van der Waals surface area contributed by atoms with Gasteiger partial charge in [0.1, 0.15) is 0 Å². The number of hydrogen-bond acceptors (Lipinski definition) is 4. The van der Waals surface area contributed by atoms with E-state index < -0.39 is 15.6 Å². The standard InChI is InChI=1S/C12H21N3O3S/c1-2-15-8-11(13-10-15)19(17,18)14-12(9-16)6-4-3-5-7-12/h8,10,14,16H,2-7,9H2,1H3. The molecule has 0 amide bonds. The molecule has 0 unspecified atom stereocenters. The van der Waals surface area contributed by atoms with Crippen LogP contribution in [0.25, 0.3) is 0 Å². The van der Waals surface area contributed by atoms with Crippen LogP contribution in [0, 0.1) is 0 Å². The lowest BCUT2D eigenvalue weighted by Gasteiger charge is -2.35. The van der Waals surface area contributed by atoms with E-state index in [-0.39, 0.29) is 11.6 Å². The van der Waals surface area contributed by atoms with Gasteiger partial charge in [-0.3, -0.25) is 0 Å². The molecule has 2 N–H and O–H groups in total. The average Bonchev–Trinajstić information content (AvgIpc) is 2.89. The number of nitrogens with one attached hydrogen (secondary N) is 1. The van der Waals surface area contributed by atoms with Gasteiger partial charge in [-0.2, -0.15) is 0 Å². The highest BCUT2D eigenvalue weighted by atomic mass is 32.2. The van der Waals surface area contributed by atoms with Crippen molar-refractivity contribution in [3.8, 4) is 0 Å². The molecule has 0 radical (unpaired) electrons. The van der Waals surface area contributed by atoms with Crippen LogP contribution in [0.3, 0.4) is 0 Å². The van der Waals surface area contributed by atoms with Crippen molar-refractivity contribution in [3.05, 3.63) is 12.5 Å². The molecule has 1 aliphatic carbocycles. The number of aromatic nitrogens is 2. The quantitative estimate of drug-likeness (QED) is 0.842. The molecular weight excluding hydrogens is 266 g/mol. The van der Waals surface area contributed by atoms with Crippen molar-refractivity contribution in [2.45, 2.75) is 56.1 Å². The predicted octanol–water partition coefficient (Wildman–Crippen LogP) is 0.876. The van der Waals surface area contributed by atoms with Gasteiger partial charge in [0.2, 0.25) is 0 Å². The van der Waals surface area contributed by atoms with Gasteiger partial charge in [0, 0.05) is 12.7 Å². The molecule has 0 atom stereocenters. The second-order valence-corrected chi connectivity index (χ2v) is 6.78. The summed E-state index contributed by atoms with van der Waals surface area (Å²) < 4.78 is 29.0. The number of hydrogen-bond donors (Lipinski definition) is 2. The fourth-order valence-corrected chi connectivity index (χ4v) is 3.91. The summed E-state index contributed by atoms with van der Waals surface area (Å²) in [6.07, 6.45) is 7.33. The van der Waals surface area contributed by atoms with E-state index in [1.165, 1.54) is 12.5 Å². The highest BCUT2D eigenvalue weighted by Gasteiger charge is 2.36. The van der Waals surface area contributed by atoms with Crippen molar-refractivity contribution in [1.29, 1.82) is 0 Å². The summed E-state index contributed by atoms with van der Waals surface area (Å²) in [5, 5.41) is 9.57. The monoisotopic (exact) mass is 287 g/mol. The third-order valence-corrected chi connectivity index (χ3v) is 5.18. The van der Waals surface area contributed by atoms with Crippen molar-refractivity contribution in [2.24, 2.45) is 0 Å². The largest absolute Gasteiger partial charge is 0.394 e. The molecule has 108 valence electrons. The van der Waals surface area contributed by atoms with Crippen molar-refractivity contribution in [2.75, 3.05) is 6.61 Å². The summed E-state index contributed by atoms with van der Waals surface area (Å²) in [4.78, 5) is 3.92. The maximum absolute atomic E-state index is 12.3. The Morgan fingerprint density at radius 1 is 1.42 bits per heavy atom. The first-order valence-corrected chi connectivity index (χ1v) is 8.16. The molecule has 1 aliphatic rings. The van der Waals surface area contributed by atoms with E-state index in [9.17, 15) is 13.5 Å². The van der Waals surface area contributed by atoms with Crippen LogP contribution in [0.15, 0.2) is 17.6 Å². The van der Waals surface area contributed by atoms with Crippen LogP contribution in [-0.2, 0) is 16.6 Å². The van der Waals surface area contributed by atoms with E-state index in [1.807, 2.05) is 6.92 Å². The van der Waals surface area contributed by atoms with Gasteiger partial charge in [-0.05, 0) is 19.8 Å². The zero-order valence-electron chi connectivity index (χ0n) is 11.2. The van der Waals surface area contributed by atoms with Crippen LogP contribution in [0.5, 0.6) is 0 Å². The summed E-state index contributed by atoms with van der Waals surface area (Å²) in [7, 11) is -3.66. The Morgan fingerprint density at radius 3 is 2.63 bits per heavy atom. The van der Waals surface area contributed by atoms with E-state index in [2.05, 4.69) is 9.71 Å². The molecule has 19 heavy (non-hydrogen) atoms. The Bertz CT molecular complexity index is 518. The lowest BCUT2D eigenvalue weighted by molar-refractivity contribution is 0.142. The lowest BCUT2D eigenvalue weighted by atomic mass is 9.83. The summed E-state index contributed by atoms with van der Waals surface area (Å²) >= 11 is 0. The van der Waals surface area contributed by atoms with E-state index in [0.29, 0.717) is 19.4 Å². The van der Waals surface area contributed by atoms with E-state index in [4.69, 9.17) is 0 Å². The molecule has 7 heteroatoms. The molecule has 1 fully saturated rings. The minimum Gasteiger partial charge on any atom is -0.394 e. The maximum atomic E-state index is 12.3. The second-order valence-electron chi connectivity index (χ2n) is 5.15. The van der Waals surface area contributed by atoms with Gasteiger partial charge in [0.05, 0.1) is 18.5 Å². The number of aliphatic hydroxyl groups excluding tert-OH is 1. The maximum Gasteiger partial charge on any atom is 0.260 e. The predicted molar refractivity (Wildman–Crippen MR) is 71.1 cm³/mol. The fraction of sp³-hybridized carbons (Fsp3) is 0.750. The summed E-state index contributed by atoms with van der Waals surface area (Å²) in [5.74, 6) is 0. The molecule has 0 spiro atoms. The summed E-state index contributed by atoms with van der Waals surface area (Å²) in [6.45, 7) is 2.43. The lowest BCUT2D eigenvalue weighted by Crippen LogP contribution is -2.52. The van der Waals surface area contributed by atoms with Gasteiger partial charge in [0.15, 0.2) is 5.03 Å². The number of imidazole rings is 1. The highest BCUT2D eigenvalue weighted by Crippen LogP contribution is 2.29. The first-order chi connectivity index (χ1) is 9.01. The van der Waals surface area contributed by atoms with Crippen molar-refractivity contribution < 1.29 is 13.5 Å². The van der Waals surface area contributed by atoms with Crippen LogP contribution >= 0.6 is 0 Å². The second kappa shape index (κ2) is 5.60. The topological polar surface area (TPSA) is 84.2 Å². The number of nitrogens with zero attached hydrogens (tertiary/aromatic N) is 2. The smallest absolute Gasteiger partial charge is 0.260 e. The fourth-order valence-electron chi connectivity index (χ4n) is 2.51. The Hall–Kier alpha value is -0.920. The SMILES string of the molecule is CCn1cnc(S(=O)(=O)NC2(CO)CCCCC2)c1. The van der Waals surface area contributed by atoms with Crippen LogP contribution in [0.1, 0.15) is 39.0 Å². The number of sulfonamides is 1. The minimum absolute atomic E-state index is 0.0211. The summed E-state index contributed by atoms with van der Waals surface area (Å²) in [6, 6.07) is 0. The highest BCUT2D eigenvalue weighted by molar-refractivity contribution is 7.89. The molecule has 1 saturated carbocycles. The van der Waals surface area contributed by atoms with Crippen LogP contribution < -0.4 is 4.72 Å². The molecule has 0 aliphatic heterocycles. The zero-order chi connectivity index (χ0) is 13.9. The first kappa shape index (κ1) is 14.5. The van der Waals surface area contributed by atoms with Gasteiger partial charge < -0.3 is 9.67 Å². The normalized spacial score (nSPS) is 19.5. The van der Waals surface area contributed by atoms with Gasteiger partial charge in [-0.15, -0.1) is 0 Å². The molecule has 1 aromatic rings. The van der Waals surface area contributed by atoms with Gasteiger partial charge in [0.25, 0.3) is 10.0 Å². The molecule has 6 nitrogen and oxygen atoms in total. The van der Waals surface area contributed by atoms with E-state index in [0.717, 1.165) is 19.3 Å². The van der Waals surface area contributed by atoms with Gasteiger partial charge in [-0.1, -0.05) is 19.3 Å². The Balaban J connectivity index is 2.19. The average molecular weight is 287 g/mol. The number of rotatable bonds is 5. The minimum atomic E-state index is -3.66. The van der Waals surface area contributed by atoms with Gasteiger partial charge in [-0.25, -0.2) is 18.1 Å². The molecule has 0 saturated heterocycles. The van der Waals surface area contributed by atoms with Crippen LogP contribution in [-0.4, -0.2) is 35.2 Å². The Kier molecular flexibility index (Phi) is 4.27. The third-order valence-electron chi connectivity index (χ3n) is 3.71.